The predicted octanol–water partition coefficient (Wildman–Crippen LogP) is 2.62. The molecule has 0 bridgehead atoms. The van der Waals surface area contributed by atoms with Crippen molar-refractivity contribution in [1.29, 1.82) is 0 Å². The monoisotopic (exact) mass is 523 g/mol. The number of hydrogen-bond donors (Lipinski definition) is 0. The maximum atomic E-state index is 6.70. The van der Waals surface area contributed by atoms with Gasteiger partial charge in [-0.3, -0.25) is 0 Å². The van der Waals surface area contributed by atoms with E-state index in [1.807, 2.05) is 30.3 Å². The SMILES string of the molecule is [C-]#[N+]CCCN(C)CCCOc1ccccc1.[S-]CCN(CC[S-])CC[S-].[Tc+5]. The summed E-state index contributed by atoms with van der Waals surface area (Å²) in [7, 11) is 2.09. The van der Waals surface area contributed by atoms with Crippen LogP contribution in [0.4, 0.5) is 0 Å². The second-order valence-electron chi connectivity index (χ2n) is 6.01. The molecule has 0 saturated heterocycles. The van der Waals surface area contributed by atoms with Crippen molar-refractivity contribution >= 4 is 37.9 Å². The first-order chi connectivity index (χ1) is 13.2. The molecule has 156 valence electrons. The molecule has 0 amide bonds. The zero-order chi connectivity index (χ0) is 20.2. The minimum atomic E-state index is 0. The summed E-state index contributed by atoms with van der Waals surface area (Å²) in [4.78, 5) is 7.82. The molecule has 0 atom stereocenters. The Balaban J connectivity index is 0. The third kappa shape index (κ3) is 19.4. The van der Waals surface area contributed by atoms with Gasteiger partial charge in [-0.15, -0.1) is 0 Å². The van der Waals surface area contributed by atoms with Crippen LogP contribution in [0.25, 0.3) is 4.85 Å². The Bertz CT molecular complexity index is 463. The van der Waals surface area contributed by atoms with Crippen LogP contribution >= 0.6 is 0 Å². The second kappa shape index (κ2) is 23.4. The fourth-order valence-corrected chi connectivity index (χ4v) is 3.07. The van der Waals surface area contributed by atoms with Crippen molar-refractivity contribution in [2.75, 3.05) is 70.2 Å². The van der Waals surface area contributed by atoms with Gasteiger partial charge in [0.15, 0.2) is 0 Å². The molecule has 1 rings (SSSR count). The van der Waals surface area contributed by atoms with Gasteiger partial charge in [0.25, 0.3) is 0 Å². The molecular formula is C20H32N3OS3Tc+2. The second-order valence-corrected chi connectivity index (χ2v) is 7.23. The molecule has 8 heteroatoms. The number of rotatable bonds is 14. The molecule has 4 nitrogen and oxygen atoms in total. The molecule has 0 fully saturated rings. The number of para-hydroxylation sites is 1. The number of hydrogen-bond acceptors (Lipinski definition) is 6. The van der Waals surface area contributed by atoms with E-state index in [1.165, 1.54) is 0 Å². The van der Waals surface area contributed by atoms with Crippen molar-refractivity contribution < 1.29 is 24.8 Å². The fourth-order valence-electron chi connectivity index (χ4n) is 2.30. The van der Waals surface area contributed by atoms with Crippen LogP contribution in [0.5, 0.6) is 5.75 Å². The molecule has 28 heavy (non-hydrogen) atoms. The normalized spacial score (nSPS) is 10.0. The minimum absolute atomic E-state index is 0. The summed E-state index contributed by atoms with van der Waals surface area (Å²) in [5, 5.41) is 0. The average Bonchev–Trinajstić information content (AvgIpc) is 2.67. The molecule has 1 aromatic rings. The van der Waals surface area contributed by atoms with E-state index in [4.69, 9.17) is 49.2 Å². The van der Waals surface area contributed by atoms with Crippen LogP contribution in [0.3, 0.4) is 0 Å². The Morgan fingerprint density at radius 3 is 1.93 bits per heavy atom. The molecular weight excluding hydrogens is 492 g/mol. The third-order valence-corrected chi connectivity index (χ3v) is 4.28. The average molecular weight is 525 g/mol. The van der Waals surface area contributed by atoms with Gasteiger partial charge in [-0.1, -0.05) is 18.2 Å². The first kappa shape index (κ1) is 30.3. The predicted molar refractivity (Wildman–Crippen MR) is 123 cm³/mol. The van der Waals surface area contributed by atoms with Gasteiger partial charge in [0.1, 0.15) is 5.75 Å². The van der Waals surface area contributed by atoms with Crippen LogP contribution in [0.15, 0.2) is 30.3 Å². The van der Waals surface area contributed by atoms with Crippen LogP contribution in [-0.4, -0.2) is 80.0 Å². The first-order valence-corrected chi connectivity index (χ1v) is 11.1. The van der Waals surface area contributed by atoms with Crippen LogP contribution in [0.2, 0.25) is 0 Å². The quantitative estimate of drug-likeness (QED) is 0.210. The molecule has 0 N–H and O–H groups in total. The molecule has 0 heterocycles. The van der Waals surface area contributed by atoms with Crippen molar-refractivity contribution in [3.63, 3.8) is 0 Å². The van der Waals surface area contributed by atoms with E-state index in [1.54, 1.807) is 0 Å². The molecule has 0 aliphatic carbocycles. The summed E-state index contributed by atoms with van der Waals surface area (Å²) in [6.07, 6.45) is 1.98. The van der Waals surface area contributed by atoms with Crippen LogP contribution in [0, 0.1) is 6.57 Å². The molecule has 0 aliphatic rings. The minimum Gasteiger partial charge on any atom is -0.791 e. The molecule has 0 spiro atoms. The standard InChI is InChI=1S/C14H20N2O.C6H15NS3.Tc/c1-15-10-6-11-16(2)12-7-13-17-14-8-4-3-5-9-14;8-4-1-7(2-5-9)3-6-10;/h3-5,8-9H,6-7,10-13H2,2H3;8-10H,1-6H2;/q;;+5/p-3. The van der Waals surface area contributed by atoms with Crippen LogP contribution < -0.4 is 4.74 Å². The van der Waals surface area contributed by atoms with Crippen molar-refractivity contribution in [2.24, 2.45) is 0 Å². The van der Waals surface area contributed by atoms with E-state index in [0.29, 0.717) is 6.54 Å². The van der Waals surface area contributed by atoms with Crippen molar-refractivity contribution in [3.8, 4) is 5.75 Å². The molecule has 0 aliphatic heterocycles. The Labute approximate surface area is 202 Å². The number of benzene rings is 1. The summed E-state index contributed by atoms with van der Waals surface area (Å²) >= 11 is 14.5. The summed E-state index contributed by atoms with van der Waals surface area (Å²) in [5.74, 6) is 3.28. The number of ether oxygens (including phenoxy) is 1. The van der Waals surface area contributed by atoms with Gasteiger partial charge >= 0.3 is 20.1 Å². The van der Waals surface area contributed by atoms with Crippen molar-refractivity contribution in [1.82, 2.24) is 9.80 Å². The van der Waals surface area contributed by atoms with Crippen molar-refractivity contribution in [2.45, 2.75) is 12.8 Å². The summed E-state index contributed by atoms with van der Waals surface area (Å²) in [6, 6.07) is 9.88. The van der Waals surface area contributed by atoms with Gasteiger partial charge in [0.05, 0.1) is 6.61 Å². The topological polar surface area (TPSA) is 20.1 Å². The van der Waals surface area contributed by atoms with E-state index in [9.17, 15) is 0 Å². The van der Waals surface area contributed by atoms with E-state index >= 15 is 0 Å². The van der Waals surface area contributed by atoms with E-state index in [-0.39, 0.29) is 20.1 Å². The zero-order valence-electron chi connectivity index (χ0n) is 16.7. The maximum absolute atomic E-state index is 6.70. The third-order valence-electron chi connectivity index (χ3n) is 3.73. The van der Waals surface area contributed by atoms with E-state index in [2.05, 4.69) is 21.7 Å². The smallest absolute Gasteiger partial charge is 0.791 e. The zero-order valence-corrected chi connectivity index (χ0v) is 21.0. The summed E-state index contributed by atoms with van der Waals surface area (Å²) in [5.41, 5.74) is 0. The Kier molecular flexibility index (Phi) is 25.4. The Morgan fingerprint density at radius 2 is 1.43 bits per heavy atom. The fraction of sp³-hybridized carbons (Fsp3) is 0.650. The van der Waals surface area contributed by atoms with Gasteiger partial charge in [0.2, 0.25) is 6.54 Å². The van der Waals surface area contributed by atoms with Gasteiger partial charge in [-0.25, -0.2) is 6.57 Å². The molecule has 0 saturated carbocycles. The molecule has 0 aromatic heterocycles. The Morgan fingerprint density at radius 1 is 0.893 bits per heavy atom. The molecule has 0 unspecified atom stereocenters. The maximum Gasteiger partial charge on any atom is 5.00 e. The first-order valence-electron chi connectivity index (χ1n) is 9.34. The number of nitrogens with zero attached hydrogens (tertiary/aromatic N) is 3. The van der Waals surface area contributed by atoms with Crippen molar-refractivity contribution in [3.05, 3.63) is 41.7 Å². The summed E-state index contributed by atoms with van der Waals surface area (Å²) < 4.78 is 5.61. The largest absolute Gasteiger partial charge is 5.00 e. The Hall–Kier alpha value is 0.129. The summed E-state index contributed by atoms with van der Waals surface area (Å²) in [6.45, 7) is 13.0. The van der Waals surface area contributed by atoms with Gasteiger partial charge in [0, 0.05) is 19.5 Å². The van der Waals surface area contributed by atoms with Gasteiger partial charge < -0.3 is 57.3 Å². The van der Waals surface area contributed by atoms with Crippen LogP contribution in [-0.2, 0) is 58.0 Å². The van der Waals surface area contributed by atoms with Gasteiger partial charge in [-0.2, -0.15) is 17.3 Å². The van der Waals surface area contributed by atoms with E-state index < -0.39 is 0 Å². The molecule has 0 radical (unpaired) electrons. The van der Waals surface area contributed by atoms with E-state index in [0.717, 1.165) is 75.2 Å². The van der Waals surface area contributed by atoms with Crippen LogP contribution in [0.1, 0.15) is 12.8 Å². The molecule has 1 aromatic carbocycles. The van der Waals surface area contributed by atoms with Gasteiger partial charge in [-0.05, 0) is 45.2 Å².